The summed E-state index contributed by atoms with van der Waals surface area (Å²) in [6.45, 7) is 0.825. The molecule has 0 saturated carbocycles. The van der Waals surface area contributed by atoms with Crippen molar-refractivity contribution >= 4 is 15.7 Å². The molecule has 1 aliphatic rings. The second-order valence-corrected chi connectivity index (χ2v) is 10.0. The Bertz CT molecular complexity index is 1030. The highest BCUT2D eigenvalue weighted by molar-refractivity contribution is 7.92. The van der Waals surface area contributed by atoms with Gasteiger partial charge in [-0.25, -0.2) is 8.42 Å². The molecular weight excluding hydrogens is 446 g/mol. The van der Waals surface area contributed by atoms with Gasteiger partial charge in [-0.3, -0.25) is 4.79 Å². The number of likely N-dealkylation sites (tertiary alicyclic amines) is 1. The first-order valence-electron chi connectivity index (χ1n) is 10.8. The van der Waals surface area contributed by atoms with Gasteiger partial charge in [-0.1, -0.05) is 0 Å². The minimum absolute atomic E-state index is 0.0183. The van der Waals surface area contributed by atoms with Crippen molar-refractivity contribution in [1.82, 2.24) is 4.90 Å². The number of amides is 1. The van der Waals surface area contributed by atoms with E-state index in [1.165, 1.54) is 7.11 Å². The topological polar surface area (TPSA) is 91.4 Å². The van der Waals surface area contributed by atoms with Gasteiger partial charge in [-0.2, -0.15) is 0 Å². The summed E-state index contributed by atoms with van der Waals surface area (Å²) in [5, 5.41) is -0.503. The fourth-order valence-electron chi connectivity index (χ4n) is 4.09. The Labute approximate surface area is 195 Å². The molecule has 1 heterocycles. The molecule has 180 valence electrons. The smallest absolute Gasteiger partial charge is 0.222 e. The van der Waals surface area contributed by atoms with Crippen LogP contribution >= 0.6 is 0 Å². The van der Waals surface area contributed by atoms with Gasteiger partial charge in [-0.15, -0.1) is 0 Å². The van der Waals surface area contributed by atoms with Crippen LogP contribution in [0, 0.1) is 0 Å². The Morgan fingerprint density at radius 2 is 1.42 bits per heavy atom. The summed E-state index contributed by atoms with van der Waals surface area (Å²) in [6.07, 6.45) is 1.54. The summed E-state index contributed by atoms with van der Waals surface area (Å²) < 4.78 is 47.3. The van der Waals surface area contributed by atoms with E-state index in [2.05, 4.69) is 0 Å². The number of nitrogens with zero attached hydrogens (tertiary/aromatic N) is 1. The number of carbonyl (C=O) groups excluding carboxylic acids is 1. The van der Waals surface area contributed by atoms with E-state index in [0.717, 1.165) is 5.56 Å². The average Bonchev–Trinajstić information content (AvgIpc) is 2.86. The van der Waals surface area contributed by atoms with Crippen molar-refractivity contribution in [2.75, 3.05) is 41.5 Å². The van der Waals surface area contributed by atoms with E-state index in [1.54, 1.807) is 62.6 Å². The number of sulfone groups is 1. The maximum atomic E-state index is 13.0. The quantitative estimate of drug-likeness (QED) is 0.548. The Hall–Kier alpha value is -2.94. The molecule has 1 fully saturated rings. The van der Waals surface area contributed by atoms with E-state index in [4.69, 9.17) is 18.9 Å². The van der Waals surface area contributed by atoms with Gasteiger partial charge in [0.05, 0.1) is 38.6 Å². The molecule has 33 heavy (non-hydrogen) atoms. The first kappa shape index (κ1) is 24.7. The van der Waals surface area contributed by atoms with Gasteiger partial charge >= 0.3 is 0 Å². The number of benzene rings is 2. The number of piperidine rings is 1. The van der Waals surface area contributed by atoms with Crippen LogP contribution in [-0.4, -0.2) is 66.0 Å². The van der Waals surface area contributed by atoms with Gasteiger partial charge in [0.15, 0.2) is 9.84 Å². The molecule has 2 aromatic rings. The largest absolute Gasteiger partial charge is 0.497 e. The van der Waals surface area contributed by atoms with Crippen molar-refractivity contribution in [3.63, 3.8) is 0 Å². The molecular formula is C24H31NO7S. The maximum Gasteiger partial charge on any atom is 0.222 e. The SMILES string of the molecule is COc1ccc(S(=O)(=O)C2CCN(C(=O)CCc3c(OC)cc(OC)cc3OC)CC2)cc1. The molecule has 0 unspecified atom stereocenters. The van der Waals surface area contributed by atoms with Crippen LogP contribution in [0.15, 0.2) is 41.3 Å². The van der Waals surface area contributed by atoms with Crippen LogP contribution in [-0.2, 0) is 21.1 Å². The first-order chi connectivity index (χ1) is 15.8. The van der Waals surface area contributed by atoms with Crippen LogP contribution in [0.2, 0.25) is 0 Å². The van der Waals surface area contributed by atoms with Crippen LogP contribution in [0.5, 0.6) is 23.0 Å². The molecule has 0 spiro atoms. The number of hydrogen-bond donors (Lipinski definition) is 0. The third kappa shape index (κ3) is 5.52. The number of hydrogen-bond acceptors (Lipinski definition) is 7. The van der Waals surface area contributed by atoms with Gasteiger partial charge in [0.2, 0.25) is 5.91 Å². The van der Waals surface area contributed by atoms with Crippen molar-refractivity contribution in [2.24, 2.45) is 0 Å². The highest BCUT2D eigenvalue weighted by atomic mass is 32.2. The van der Waals surface area contributed by atoms with E-state index in [9.17, 15) is 13.2 Å². The van der Waals surface area contributed by atoms with Gasteiger partial charge in [0.25, 0.3) is 0 Å². The molecule has 0 atom stereocenters. The molecule has 1 aliphatic heterocycles. The number of ether oxygens (including phenoxy) is 4. The van der Waals surface area contributed by atoms with Crippen molar-refractivity contribution < 1.29 is 32.2 Å². The minimum atomic E-state index is -3.45. The summed E-state index contributed by atoms with van der Waals surface area (Å²) in [5.74, 6) is 2.40. The Morgan fingerprint density at radius 1 is 0.879 bits per heavy atom. The molecule has 0 aliphatic carbocycles. The van der Waals surface area contributed by atoms with E-state index in [0.29, 0.717) is 55.4 Å². The first-order valence-corrected chi connectivity index (χ1v) is 12.3. The Kier molecular flexibility index (Phi) is 8.07. The Balaban J connectivity index is 1.61. The summed E-state index contributed by atoms with van der Waals surface area (Å²) in [4.78, 5) is 14.9. The van der Waals surface area contributed by atoms with Gasteiger partial charge in [-0.05, 0) is 43.5 Å². The zero-order valence-corrected chi connectivity index (χ0v) is 20.3. The molecule has 0 bridgehead atoms. The normalized spacial score (nSPS) is 14.6. The Morgan fingerprint density at radius 3 is 1.91 bits per heavy atom. The lowest BCUT2D eigenvalue weighted by Gasteiger charge is -2.32. The van der Waals surface area contributed by atoms with Crippen LogP contribution in [0.4, 0.5) is 0 Å². The molecule has 9 heteroatoms. The molecule has 0 radical (unpaired) electrons. The van der Waals surface area contributed by atoms with Crippen molar-refractivity contribution in [2.45, 2.75) is 35.8 Å². The number of methoxy groups -OCH3 is 4. The molecule has 0 aromatic heterocycles. The zero-order chi connectivity index (χ0) is 24.0. The molecule has 2 aromatic carbocycles. The lowest BCUT2D eigenvalue weighted by molar-refractivity contribution is -0.132. The van der Waals surface area contributed by atoms with E-state index < -0.39 is 15.1 Å². The predicted octanol–water partition coefficient (Wildman–Crippen LogP) is 3.12. The van der Waals surface area contributed by atoms with E-state index in [-0.39, 0.29) is 17.2 Å². The minimum Gasteiger partial charge on any atom is -0.497 e. The molecule has 0 N–H and O–H groups in total. The fourth-order valence-corrected chi connectivity index (χ4v) is 5.82. The van der Waals surface area contributed by atoms with Crippen LogP contribution in [0.25, 0.3) is 0 Å². The van der Waals surface area contributed by atoms with Crippen molar-refractivity contribution in [3.05, 3.63) is 42.0 Å². The van der Waals surface area contributed by atoms with Gasteiger partial charge in [0, 0.05) is 37.2 Å². The summed E-state index contributed by atoms with van der Waals surface area (Å²) >= 11 is 0. The maximum absolute atomic E-state index is 13.0. The third-order valence-corrected chi connectivity index (χ3v) is 8.31. The lowest BCUT2D eigenvalue weighted by atomic mass is 10.0. The summed E-state index contributed by atoms with van der Waals surface area (Å²) in [6, 6.07) is 9.96. The van der Waals surface area contributed by atoms with Crippen LogP contribution < -0.4 is 18.9 Å². The number of rotatable bonds is 9. The molecule has 1 amide bonds. The third-order valence-electron chi connectivity index (χ3n) is 6.03. The molecule has 1 saturated heterocycles. The summed E-state index contributed by atoms with van der Waals surface area (Å²) in [7, 11) is 2.78. The second kappa shape index (κ2) is 10.8. The van der Waals surface area contributed by atoms with Crippen LogP contribution in [0.3, 0.4) is 0 Å². The lowest BCUT2D eigenvalue weighted by Crippen LogP contribution is -2.42. The zero-order valence-electron chi connectivity index (χ0n) is 19.5. The summed E-state index contributed by atoms with van der Waals surface area (Å²) in [5.41, 5.74) is 0.797. The van der Waals surface area contributed by atoms with E-state index >= 15 is 0 Å². The second-order valence-electron chi connectivity index (χ2n) is 7.81. The monoisotopic (exact) mass is 477 g/mol. The van der Waals surface area contributed by atoms with Gasteiger partial charge < -0.3 is 23.8 Å². The number of carbonyl (C=O) groups is 1. The molecule has 8 nitrogen and oxygen atoms in total. The van der Waals surface area contributed by atoms with E-state index in [1.807, 2.05) is 0 Å². The predicted molar refractivity (Wildman–Crippen MR) is 124 cm³/mol. The van der Waals surface area contributed by atoms with Crippen molar-refractivity contribution in [1.29, 1.82) is 0 Å². The van der Waals surface area contributed by atoms with Crippen LogP contribution in [0.1, 0.15) is 24.8 Å². The molecule has 3 rings (SSSR count). The highest BCUT2D eigenvalue weighted by Crippen LogP contribution is 2.35. The van der Waals surface area contributed by atoms with Gasteiger partial charge in [0.1, 0.15) is 23.0 Å². The average molecular weight is 478 g/mol. The standard InChI is InChI=1S/C24H31NO7S/c1-29-17-5-7-19(8-6-17)33(27,28)20-11-13-25(14-12-20)24(26)10-9-21-22(31-3)15-18(30-2)16-23(21)32-4/h5-8,15-16,20H,9-14H2,1-4H3. The highest BCUT2D eigenvalue weighted by Gasteiger charge is 2.32. The van der Waals surface area contributed by atoms with Crippen molar-refractivity contribution in [3.8, 4) is 23.0 Å². The fraction of sp³-hybridized carbons (Fsp3) is 0.458.